The van der Waals surface area contributed by atoms with E-state index < -0.39 is 0 Å². The topological polar surface area (TPSA) is 21.3 Å². The molecule has 2 fully saturated rings. The second-order valence-corrected chi connectivity index (χ2v) is 7.10. The molecule has 1 N–H and O–H groups in total. The lowest BCUT2D eigenvalue weighted by Crippen LogP contribution is -2.43. The summed E-state index contributed by atoms with van der Waals surface area (Å²) in [6, 6.07) is 0.667. The monoisotopic (exact) mass is 243 g/mol. The quantitative estimate of drug-likeness (QED) is 0.802. The molecule has 16 heavy (non-hydrogen) atoms. The molecule has 0 radical (unpaired) electrons. The van der Waals surface area contributed by atoms with Crippen molar-refractivity contribution in [3.8, 4) is 0 Å². The van der Waals surface area contributed by atoms with E-state index in [1.54, 1.807) is 0 Å². The van der Waals surface area contributed by atoms with Gasteiger partial charge in [-0.05, 0) is 44.3 Å². The molecule has 2 aliphatic heterocycles. The highest BCUT2D eigenvalue weighted by molar-refractivity contribution is 8.00. The lowest BCUT2D eigenvalue weighted by molar-refractivity contribution is 0.175. The van der Waals surface area contributed by atoms with Gasteiger partial charge in [0.2, 0.25) is 0 Å². The summed E-state index contributed by atoms with van der Waals surface area (Å²) in [5.41, 5.74) is 0. The normalized spacial score (nSPS) is 36.8. The van der Waals surface area contributed by atoms with Crippen LogP contribution in [0.1, 0.15) is 39.5 Å². The molecule has 3 unspecified atom stereocenters. The molecule has 3 heteroatoms. The van der Waals surface area contributed by atoms with Gasteiger partial charge in [0, 0.05) is 23.9 Å². The van der Waals surface area contributed by atoms with E-state index in [0.717, 1.165) is 19.1 Å². The summed E-state index contributed by atoms with van der Waals surface area (Å²) in [4.78, 5) is 0. The zero-order valence-electron chi connectivity index (χ0n) is 10.6. The molecule has 0 aromatic carbocycles. The molecule has 2 rings (SSSR count). The Balaban J connectivity index is 1.77. The predicted octanol–water partition coefficient (Wildman–Crippen LogP) is 2.68. The standard InChI is InChI=1S/C13H25NOS/c1-3-12(11-5-7-15-9-11)14-10-13(2)6-4-8-16-13/h11-12,14H,3-10H2,1-2H3. The predicted molar refractivity (Wildman–Crippen MR) is 71.1 cm³/mol. The minimum absolute atomic E-state index is 0.493. The Bertz CT molecular complexity index is 210. The lowest BCUT2D eigenvalue weighted by atomic mass is 9.95. The second-order valence-electron chi connectivity index (χ2n) is 5.42. The van der Waals surface area contributed by atoms with Crippen LogP contribution < -0.4 is 5.32 Å². The van der Waals surface area contributed by atoms with Crippen LogP contribution in [0.25, 0.3) is 0 Å². The molecule has 2 nitrogen and oxygen atoms in total. The Morgan fingerprint density at radius 2 is 2.44 bits per heavy atom. The molecule has 0 amide bonds. The van der Waals surface area contributed by atoms with Gasteiger partial charge in [-0.3, -0.25) is 0 Å². The van der Waals surface area contributed by atoms with Crippen molar-refractivity contribution in [1.29, 1.82) is 0 Å². The van der Waals surface area contributed by atoms with Gasteiger partial charge in [-0.1, -0.05) is 6.92 Å². The van der Waals surface area contributed by atoms with Gasteiger partial charge in [0.05, 0.1) is 6.61 Å². The summed E-state index contributed by atoms with van der Waals surface area (Å²) < 4.78 is 5.98. The SMILES string of the molecule is CCC(NCC1(C)CCCS1)C1CCOC1. The minimum atomic E-state index is 0.493. The molecular weight excluding hydrogens is 218 g/mol. The Morgan fingerprint density at radius 3 is 3.00 bits per heavy atom. The third-order valence-electron chi connectivity index (χ3n) is 4.01. The molecule has 2 saturated heterocycles. The number of nitrogens with one attached hydrogen (secondary N) is 1. The minimum Gasteiger partial charge on any atom is -0.381 e. The van der Waals surface area contributed by atoms with Gasteiger partial charge in [-0.25, -0.2) is 0 Å². The van der Waals surface area contributed by atoms with Gasteiger partial charge in [-0.2, -0.15) is 11.8 Å². The number of hydrogen-bond acceptors (Lipinski definition) is 3. The van der Waals surface area contributed by atoms with E-state index in [2.05, 4.69) is 30.9 Å². The van der Waals surface area contributed by atoms with Gasteiger partial charge < -0.3 is 10.1 Å². The number of thioether (sulfide) groups is 1. The fourth-order valence-corrected chi connectivity index (χ4v) is 4.09. The maximum atomic E-state index is 5.49. The molecule has 0 bridgehead atoms. The van der Waals surface area contributed by atoms with Crippen molar-refractivity contribution in [3.05, 3.63) is 0 Å². The van der Waals surface area contributed by atoms with E-state index in [1.165, 1.54) is 38.0 Å². The fraction of sp³-hybridized carbons (Fsp3) is 1.00. The van der Waals surface area contributed by atoms with Gasteiger partial charge in [0.15, 0.2) is 0 Å². The first kappa shape index (κ1) is 12.7. The molecular formula is C13H25NOS. The molecule has 94 valence electrons. The van der Waals surface area contributed by atoms with Crippen LogP contribution in [-0.2, 0) is 4.74 Å². The Kier molecular flexibility index (Phi) is 4.57. The number of hydrogen-bond donors (Lipinski definition) is 1. The fourth-order valence-electron chi connectivity index (χ4n) is 2.84. The molecule has 0 aliphatic carbocycles. The van der Waals surface area contributed by atoms with Crippen LogP contribution >= 0.6 is 11.8 Å². The van der Waals surface area contributed by atoms with E-state index >= 15 is 0 Å². The van der Waals surface area contributed by atoms with Gasteiger partial charge in [0.25, 0.3) is 0 Å². The highest BCUT2D eigenvalue weighted by Gasteiger charge is 2.31. The first-order valence-electron chi connectivity index (χ1n) is 6.68. The van der Waals surface area contributed by atoms with Crippen LogP contribution in [0.5, 0.6) is 0 Å². The lowest BCUT2D eigenvalue weighted by Gasteiger charge is -2.29. The Hall–Kier alpha value is 0.270. The first-order chi connectivity index (χ1) is 7.73. The van der Waals surface area contributed by atoms with Crippen LogP contribution in [0.15, 0.2) is 0 Å². The molecule has 2 heterocycles. The van der Waals surface area contributed by atoms with Crippen molar-refractivity contribution in [1.82, 2.24) is 5.32 Å². The average molecular weight is 243 g/mol. The molecule has 0 saturated carbocycles. The van der Waals surface area contributed by atoms with Crippen molar-refractivity contribution >= 4 is 11.8 Å². The first-order valence-corrected chi connectivity index (χ1v) is 7.67. The second kappa shape index (κ2) is 5.74. The van der Waals surface area contributed by atoms with Crippen molar-refractivity contribution in [2.75, 3.05) is 25.5 Å². The van der Waals surface area contributed by atoms with Crippen molar-refractivity contribution < 1.29 is 4.74 Å². The largest absolute Gasteiger partial charge is 0.381 e. The molecule has 0 aromatic rings. The van der Waals surface area contributed by atoms with Crippen LogP contribution in [-0.4, -0.2) is 36.3 Å². The van der Waals surface area contributed by atoms with E-state index in [1.807, 2.05) is 0 Å². The summed E-state index contributed by atoms with van der Waals surface area (Å²) in [6.07, 6.45) is 5.25. The Labute approximate surface area is 104 Å². The molecule has 3 atom stereocenters. The zero-order valence-corrected chi connectivity index (χ0v) is 11.4. The van der Waals surface area contributed by atoms with Crippen LogP contribution in [0, 0.1) is 5.92 Å². The van der Waals surface area contributed by atoms with Gasteiger partial charge >= 0.3 is 0 Å². The summed E-state index contributed by atoms with van der Waals surface area (Å²) in [7, 11) is 0. The van der Waals surface area contributed by atoms with Gasteiger partial charge in [0.1, 0.15) is 0 Å². The van der Waals surface area contributed by atoms with E-state index in [4.69, 9.17) is 4.74 Å². The molecule has 0 aromatic heterocycles. The molecule has 0 spiro atoms. The van der Waals surface area contributed by atoms with Gasteiger partial charge in [-0.15, -0.1) is 0 Å². The van der Waals surface area contributed by atoms with Crippen LogP contribution in [0.3, 0.4) is 0 Å². The highest BCUT2D eigenvalue weighted by Crippen LogP contribution is 2.37. The number of rotatable bonds is 5. The van der Waals surface area contributed by atoms with E-state index in [9.17, 15) is 0 Å². The van der Waals surface area contributed by atoms with Crippen molar-refractivity contribution in [2.24, 2.45) is 5.92 Å². The Morgan fingerprint density at radius 1 is 1.56 bits per heavy atom. The third-order valence-corrected chi connectivity index (χ3v) is 5.55. The number of ether oxygens (including phenoxy) is 1. The molecule has 2 aliphatic rings. The van der Waals surface area contributed by atoms with Crippen molar-refractivity contribution in [2.45, 2.75) is 50.3 Å². The van der Waals surface area contributed by atoms with Crippen molar-refractivity contribution in [3.63, 3.8) is 0 Å². The van der Waals surface area contributed by atoms with E-state index in [0.29, 0.717) is 10.8 Å². The van der Waals surface area contributed by atoms with Crippen LogP contribution in [0.4, 0.5) is 0 Å². The average Bonchev–Trinajstić information content (AvgIpc) is 2.91. The summed E-state index contributed by atoms with van der Waals surface area (Å²) in [6.45, 7) is 7.81. The smallest absolute Gasteiger partial charge is 0.0509 e. The summed E-state index contributed by atoms with van der Waals surface area (Å²) in [5.74, 6) is 2.10. The maximum absolute atomic E-state index is 5.49. The third kappa shape index (κ3) is 3.14. The van der Waals surface area contributed by atoms with E-state index in [-0.39, 0.29) is 0 Å². The summed E-state index contributed by atoms with van der Waals surface area (Å²) in [5, 5.41) is 3.79. The highest BCUT2D eigenvalue weighted by atomic mass is 32.2. The summed E-state index contributed by atoms with van der Waals surface area (Å²) >= 11 is 2.15. The maximum Gasteiger partial charge on any atom is 0.0509 e. The van der Waals surface area contributed by atoms with Crippen LogP contribution in [0.2, 0.25) is 0 Å². The zero-order chi connectivity index (χ0) is 11.4.